The van der Waals surface area contributed by atoms with E-state index < -0.39 is 0 Å². The molecule has 0 saturated carbocycles. The lowest BCUT2D eigenvalue weighted by molar-refractivity contribution is -0.145. The van der Waals surface area contributed by atoms with Crippen LogP contribution < -0.4 is 0 Å². The normalized spacial score (nSPS) is 22.5. The molecule has 0 spiro atoms. The molecule has 1 fully saturated rings. The first kappa shape index (κ1) is 14.2. The van der Waals surface area contributed by atoms with E-state index in [9.17, 15) is 0 Å². The van der Waals surface area contributed by atoms with Crippen LogP contribution in [0.4, 0.5) is 0 Å². The Kier molecular flexibility index (Phi) is 6.65. The summed E-state index contributed by atoms with van der Waals surface area (Å²) < 4.78 is 17.0. The SMILES string of the molecule is CCOC(C[C@H](C)[C@H]1COC(=S)S1)OCC. The molecule has 1 heterocycles. The molecule has 1 saturated heterocycles. The van der Waals surface area contributed by atoms with Crippen LogP contribution in [0.5, 0.6) is 0 Å². The van der Waals surface area contributed by atoms with E-state index in [1.54, 1.807) is 11.8 Å². The first-order chi connectivity index (χ1) is 7.67. The third-order valence-electron chi connectivity index (χ3n) is 2.52. The molecule has 0 bridgehead atoms. The molecule has 0 radical (unpaired) electrons. The van der Waals surface area contributed by atoms with Crippen molar-refractivity contribution in [3.05, 3.63) is 0 Å². The fraction of sp³-hybridized carbons (Fsp3) is 0.909. The molecule has 0 amide bonds. The van der Waals surface area contributed by atoms with Gasteiger partial charge in [0.1, 0.15) is 6.61 Å². The van der Waals surface area contributed by atoms with Crippen LogP contribution in [0.2, 0.25) is 0 Å². The molecule has 2 atom stereocenters. The Morgan fingerprint density at radius 2 is 2.06 bits per heavy atom. The first-order valence-corrected chi connectivity index (χ1v) is 7.02. The highest BCUT2D eigenvalue weighted by Gasteiger charge is 2.29. The van der Waals surface area contributed by atoms with Crippen LogP contribution in [-0.4, -0.2) is 35.7 Å². The number of thiocarbonyl (C=S) groups is 1. The Labute approximate surface area is 107 Å². The van der Waals surface area contributed by atoms with Crippen molar-refractivity contribution in [1.82, 2.24) is 0 Å². The number of thioether (sulfide) groups is 1. The van der Waals surface area contributed by atoms with Crippen molar-refractivity contribution >= 4 is 28.4 Å². The summed E-state index contributed by atoms with van der Waals surface area (Å²) in [7, 11) is 0. The zero-order valence-electron chi connectivity index (χ0n) is 10.1. The Bertz CT molecular complexity index is 217. The standard InChI is InChI=1S/C11H20O3S2/c1-4-12-10(13-5-2)6-8(3)9-7-14-11(15)16-9/h8-10H,4-7H2,1-3H3/t8-,9+/m0/s1. The van der Waals surface area contributed by atoms with Gasteiger partial charge in [0.05, 0.1) is 5.25 Å². The number of ether oxygens (including phenoxy) is 3. The van der Waals surface area contributed by atoms with Crippen LogP contribution in [0.25, 0.3) is 0 Å². The molecule has 16 heavy (non-hydrogen) atoms. The molecule has 94 valence electrons. The second kappa shape index (κ2) is 7.48. The van der Waals surface area contributed by atoms with Crippen molar-refractivity contribution in [2.45, 2.75) is 38.7 Å². The predicted molar refractivity (Wildman–Crippen MR) is 70.8 cm³/mol. The largest absolute Gasteiger partial charge is 0.477 e. The molecule has 1 aliphatic heterocycles. The van der Waals surface area contributed by atoms with Crippen molar-refractivity contribution in [3.63, 3.8) is 0 Å². The van der Waals surface area contributed by atoms with Gasteiger partial charge in [0.2, 0.25) is 4.38 Å². The Morgan fingerprint density at radius 3 is 2.50 bits per heavy atom. The zero-order valence-corrected chi connectivity index (χ0v) is 11.7. The van der Waals surface area contributed by atoms with Crippen molar-refractivity contribution < 1.29 is 14.2 Å². The van der Waals surface area contributed by atoms with E-state index in [-0.39, 0.29) is 6.29 Å². The minimum atomic E-state index is -0.0974. The van der Waals surface area contributed by atoms with Gasteiger partial charge in [0, 0.05) is 19.6 Å². The van der Waals surface area contributed by atoms with E-state index in [1.165, 1.54) is 0 Å². The second-order valence-electron chi connectivity index (χ2n) is 3.77. The second-order valence-corrected chi connectivity index (χ2v) is 5.61. The lowest BCUT2D eigenvalue weighted by Gasteiger charge is -2.23. The van der Waals surface area contributed by atoms with Crippen LogP contribution in [0.1, 0.15) is 27.2 Å². The van der Waals surface area contributed by atoms with Gasteiger partial charge in [-0.05, 0) is 32.0 Å². The van der Waals surface area contributed by atoms with Gasteiger partial charge in [-0.1, -0.05) is 18.7 Å². The van der Waals surface area contributed by atoms with Crippen molar-refractivity contribution in [2.24, 2.45) is 5.92 Å². The highest BCUT2D eigenvalue weighted by atomic mass is 32.2. The fourth-order valence-corrected chi connectivity index (χ4v) is 2.94. The molecule has 0 aromatic rings. The van der Waals surface area contributed by atoms with Gasteiger partial charge in [0.15, 0.2) is 6.29 Å². The summed E-state index contributed by atoms with van der Waals surface area (Å²) in [5.74, 6) is 0.480. The maximum absolute atomic E-state index is 5.53. The molecule has 0 N–H and O–H groups in total. The van der Waals surface area contributed by atoms with Gasteiger partial charge in [-0.3, -0.25) is 0 Å². The third-order valence-corrected chi connectivity index (χ3v) is 4.14. The van der Waals surface area contributed by atoms with E-state index >= 15 is 0 Å². The summed E-state index contributed by atoms with van der Waals surface area (Å²) >= 11 is 6.66. The summed E-state index contributed by atoms with van der Waals surface area (Å²) in [5, 5.41) is 0.441. The number of hydrogen-bond donors (Lipinski definition) is 0. The monoisotopic (exact) mass is 264 g/mol. The molecule has 0 aromatic carbocycles. The maximum atomic E-state index is 5.53. The van der Waals surface area contributed by atoms with Gasteiger partial charge >= 0.3 is 0 Å². The average molecular weight is 264 g/mol. The van der Waals surface area contributed by atoms with Crippen LogP contribution >= 0.6 is 24.0 Å². The molecule has 1 rings (SSSR count). The van der Waals surface area contributed by atoms with E-state index in [0.29, 0.717) is 28.8 Å². The smallest absolute Gasteiger partial charge is 0.220 e. The molecule has 0 aromatic heterocycles. The van der Waals surface area contributed by atoms with Crippen LogP contribution in [0.3, 0.4) is 0 Å². The molecule has 1 aliphatic rings. The average Bonchev–Trinajstić information content (AvgIpc) is 2.65. The van der Waals surface area contributed by atoms with E-state index in [1.807, 2.05) is 13.8 Å². The van der Waals surface area contributed by atoms with E-state index in [0.717, 1.165) is 13.0 Å². The maximum Gasteiger partial charge on any atom is 0.220 e. The molecular formula is C11H20O3S2. The molecule has 3 nitrogen and oxygen atoms in total. The predicted octanol–water partition coefficient (Wildman–Crippen LogP) is 2.83. The van der Waals surface area contributed by atoms with E-state index in [4.69, 9.17) is 26.4 Å². The number of hydrogen-bond acceptors (Lipinski definition) is 5. The van der Waals surface area contributed by atoms with Crippen LogP contribution in [0, 0.1) is 5.92 Å². The molecule has 0 aliphatic carbocycles. The summed E-state index contributed by atoms with van der Waals surface area (Å²) in [6.45, 7) is 8.25. The summed E-state index contributed by atoms with van der Waals surface area (Å²) in [6, 6.07) is 0. The molecular weight excluding hydrogens is 244 g/mol. The quantitative estimate of drug-likeness (QED) is 0.521. The lowest BCUT2D eigenvalue weighted by Crippen LogP contribution is -2.25. The highest BCUT2D eigenvalue weighted by Crippen LogP contribution is 2.31. The highest BCUT2D eigenvalue weighted by molar-refractivity contribution is 8.23. The summed E-state index contributed by atoms with van der Waals surface area (Å²) in [5.41, 5.74) is 0. The fourth-order valence-electron chi connectivity index (χ4n) is 1.63. The van der Waals surface area contributed by atoms with Gasteiger partial charge in [-0.2, -0.15) is 0 Å². The minimum Gasteiger partial charge on any atom is -0.477 e. The number of rotatable bonds is 7. The van der Waals surface area contributed by atoms with Crippen molar-refractivity contribution in [1.29, 1.82) is 0 Å². The molecule has 5 heteroatoms. The van der Waals surface area contributed by atoms with Gasteiger partial charge in [-0.25, -0.2) is 0 Å². The Hall–Kier alpha value is 0.160. The van der Waals surface area contributed by atoms with Crippen molar-refractivity contribution in [3.8, 4) is 0 Å². The van der Waals surface area contributed by atoms with Gasteiger partial charge < -0.3 is 14.2 Å². The third kappa shape index (κ3) is 4.57. The summed E-state index contributed by atoms with van der Waals surface area (Å²) in [4.78, 5) is 0. The summed E-state index contributed by atoms with van der Waals surface area (Å²) in [6.07, 6.45) is 0.797. The first-order valence-electron chi connectivity index (χ1n) is 5.74. The zero-order chi connectivity index (χ0) is 12.0. The Morgan fingerprint density at radius 1 is 1.44 bits per heavy atom. The van der Waals surface area contributed by atoms with Crippen molar-refractivity contribution in [2.75, 3.05) is 19.8 Å². The van der Waals surface area contributed by atoms with Crippen LogP contribution in [-0.2, 0) is 14.2 Å². The van der Waals surface area contributed by atoms with E-state index in [2.05, 4.69) is 6.92 Å². The minimum absolute atomic E-state index is 0.0974. The van der Waals surface area contributed by atoms with Crippen LogP contribution in [0.15, 0.2) is 0 Å². The lowest BCUT2D eigenvalue weighted by atomic mass is 10.0. The topological polar surface area (TPSA) is 27.7 Å². The van der Waals surface area contributed by atoms with Gasteiger partial charge in [-0.15, -0.1) is 0 Å². The molecule has 0 unspecified atom stereocenters. The Balaban J connectivity index is 2.34. The van der Waals surface area contributed by atoms with Gasteiger partial charge in [0.25, 0.3) is 0 Å².